The van der Waals surface area contributed by atoms with Crippen LogP contribution in [0.3, 0.4) is 0 Å². The Kier molecular flexibility index (Phi) is 5.65. The minimum atomic E-state index is -3.70. The Labute approximate surface area is 175 Å². The van der Waals surface area contributed by atoms with Gasteiger partial charge in [0.05, 0.1) is 11.4 Å². The summed E-state index contributed by atoms with van der Waals surface area (Å²) in [7, 11) is -3.70. The monoisotopic (exact) mass is 425 g/mol. The van der Waals surface area contributed by atoms with Crippen molar-refractivity contribution in [3.05, 3.63) is 77.9 Å². The van der Waals surface area contributed by atoms with Gasteiger partial charge < -0.3 is 5.32 Å². The molecule has 3 aromatic rings. The van der Waals surface area contributed by atoms with E-state index >= 15 is 0 Å². The summed E-state index contributed by atoms with van der Waals surface area (Å²) in [5, 5.41) is 6.89. The number of amides is 1. The highest BCUT2D eigenvalue weighted by molar-refractivity contribution is 7.89. The summed E-state index contributed by atoms with van der Waals surface area (Å²) in [5.74, 6) is -0.330. The van der Waals surface area contributed by atoms with Crippen molar-refractivity contribution in [2.45, 2.75) is 37.4 Å². The first-order valence-electron chi connectivity index (χ1n) is 9.74. The van der Waals surface area contributed by atoms with Gasteiger partial charge in [-0.3, -0.25) is 9.48 Å². The number of benzene rings is 2. The van der Waals surface area contributed by atoms with Crippen LogP contribution in [0.1, 0.15) is 28.4 Å². The molecule has 4 rings (SSSR count). The molecule has 1 amide bonds. The first-order chi connectivity index (χ1) is 14.4. The smallest absolute Gasteiger partial charge is 0.251 e. The zero-order valence-corrected chi connectivity index (χ0v) is 17.4. The summed E-state index contributed by atoms with van der Waals surface area (Å²) in [4.78, 5) is 16.6. The summed E-state index contributed by atoms with van der Waals surface area (Å²) in [5.41, 5.74) is 2.50. The highest BCUT2D eigenvalue weighted by Gasteiger charge is 2.28. The van der Waals surface area contributed by atoms with Crippen LogP contribution in [-0.2, 0) is 29.5 Å². The van der Waals surface area contributed by atoms with Crippen LogP contribution in [0.2, 0.25) is 0 Å². The Morgan fingerprint density at radius 2 is 1.97 bits per heavy atom. The second-order valence-electron chi connectivity index (χ2n) is 7.38. The Bertz CT molecular complexity index is 1140. The molecule has 1 aliphatic rings. The third-order valence-corrected chi connectivity index (χ3v) is 6.98. The molecule has 0 saturated carbocycles. The Morgan fingerprint density at radius 3 is 2.73 bits per heavy atom. The molecule has 0 aliphatic carbocycles. The molecule has 0 spiro atoms. The maximum Gasteiger partial charge on any atom is 0.251 e. The van der Waals surface area contributed by atoms with Gasteiger partial charge in [0.2, 0.25) is 10.0 Å². The van der Waals surface area contributed by atoms with E-state index in [1.54, 1.807) is 23.1 Å². The lowest BCUT2D eigenvalue weighted by Crippen LogP contribution is -2.37. The summed E-state index contributed by atoms with van der Waals surface area (Å²) < 4.78 is 29.5. The fourth-order valence-corrected chi connectivity index (χ4v) is 5.05. The van der Waals surface area contributed by atoms with Crippen molar-refractivity contribution in [3.8, 4) is 0 Å². The fraction of sp³-hybridized carbons (Fsp3) is 0.286. The lowest BCUT2D eigenvalue weighted by molar-refractivity contribution is 0.0935. The van der Waals surface area contributed by atoms with E-state index in [-0.39, 0.29) is 16.8 Å². The van der Waals surface area contributed by atoms with E-state index in [0.717, 1.165) is 5.56 Å². The first kappa shape index (κ1) is 20.2. The quantitative estimate of drug-likeness (QED) is 0.650. The van der Waals surface area contributed by atoms with Gasteiger partial charge >= 0.3 is 0 Å². The highest BCUT2D eigenvalue weighted by Crippen LogP contribution is 2.25. The van der Waals surface area contributed by atoms with Gasteiger partial charge in [-0.15, -0.1) is 0 Å². The van der Waals surface area contributed by atoms with Gasteiger partial charge in [0.1, 0.15) is 12.7 Å². The summed E-state index contributed by atoms with van der Waals surface area (Å²) in [6, 6.07) is 13.9. The maximum atomic E-state index is 13.2. The maximum absolute atomic E-state index is 13.2. The number of nitrogens with one attached hydrogen (secondary N) is 1. The molecule has 0 radical (unpaired) electrons. The molecular formula is C21H23N5O3S. The van der Waals surface area contributed by atoms with Crippen LogP contribution in [0, 0.1) is 0 Å². The summed E-state index contributed by atoms with van der Waals surface area (Å²) >= 11 is 0. The van der Waals surface area contributed by atoms with Crippen LogP contribution in [0.15, 0.2) is 66.1 Å². The molecule has 0 saturated heterocycles. The molecule has 0 bridgehead atoms. The minimum Gasteiger partial charge on any atom is -0.348 e. The third-order valence-electron chi connectivity index (χ3n) is 5.13. The molecule has 156 valence electrons. The van der Waals surface area contributed by atoms with Gasteiger partial charge in [-0.25, -0.2) is 13.4 Å². The molecule has 30 heavy (non-hydrogen) atoms. The summed E-state index contributed by atoms with van der Waals surface area (Å²) in [6.45, 7) is 3.08. The van der Waals surface area contributed by atoms with E-state index < -0.39 is 10.0 Å². The molecule has 2 aromatic carbocycles. The molecule has 2 heterocycles. The zero-order chi connectivity index (χ0) is 21.1. The number of aromatic nitrogens is 3. The van der Waals surface area contributed by atoms with Crippen LogP contribution < -0.4 is 5.32 Å². The Morgan fingerprint density at radius 1 is 1.17 bits per heavy atom. The predicted octanol–water partition coefficient (Wildman–Crippen LogP) is 1.84. The van der Waals surface area contributed by atoms with Gasteiger partial charge in [0, 0.05) is 24.7 Å². The Hall–Kier alpha value is -3.04. The van der Waals surface area contributed by atoms with E-state index in [2.05, 4.69) is 15.4 Å². The number of fused-ring (bicyclic) bond motifs is 1. The second-order valence-corrected chi connectivity index (χ2v) is 9.32. The number of carbonyl (C=O) groups excluding carboxylic acids is 1. The number of nitrogens with zero attached hydrogens (tertiary/aromatic N) is 4. The largest absolute Gasteiger partial charge is 0.348 e. The van der Waals surface area contributed by atoms with E-state index in [4.69, 9.17) is 0 Å². The number of hydrogen-bond acceptors (Lipinski definition) is 5. The molecule has 1 unspecified atom stereocenters. The van der Waals surface area contributed by atoms with Crippen LogP contribution >= 0.6 is 0 Å². The van der Waals surface area contributed by atoms with Crippen molar-refractivity contribution >= 4 is 15.9 Å². The standard InChI is InChI=1S/C21H23N5O3S/c1-16(12-25-15-22-14-23-25)24-21(27)18-7-4-8-20(11-18)30(28,29)26-10-9-17-5-2-3-6-19(17)13-26/h2-8,11,14-16H,9-10,12-13H2,1H3,(H,24,27). The Balaban J connectivity index is 1.49. The van der Waals surface area contributed by atoms with Crippen LogP contribution in [0.4, 0.5) is 0 Å². The van der Waals surface area contributed by atoms with Gasteiger partial charge in [-0.05, 0) is 42.7 Å². The van der Waals surface area contributed by atoms with E-state index in [9.17, 15) is 13.2 Å². The van der Waals surface area contributed by atoms with E-state index in [1.807, 2.05) is 31.2 Å². The number of rotatable bonds is 6. The molecule has 1 N–H and O–H groups in total. The van der Waals surface area contributed by atoms with Crippen LogP contribution in [0.5, 0.6) is 0 Å². The van der Waals surface area contributed by atoms with E-state index in [1.165, 1.54) is 28.3 Å². The fourth-order valence-electron chi connectivity index (χ4n) is 3.58. The van der Waals surface area contributed by atoms with Crippen molar-refractivity contribution in [2.24, 2.45) is 0 Å². The van der Waals surface area contributed by atoms with Gasteiger partial charge in [0.25, 0.3) is 5.91 Å². The average Bonchev–Trinajstić information content (AvgIpc) is 3.26. The van der Waals surface area contributed by atoms with Gasteiger partial charge in [0.15, 0.2) is 0 Å². The molecule has 1 aromatic heterocycles. The lowest BCUT2D eigenvalue weighted by atomic mass is 10.0. The van der Waals surface area contributed by atoms with Crippen molar-refractivity contribution in [1.29, 1.82) is 0 Å². The van der Waals surface area contributed by atoms with Crippen LogP contribution in [0.25, 0.3) is 0 Å². The molecule has 0 fully saturated rings. The topological polar surface area (TPSA) is 97.2 Å². The van der Waals surface area contributed by atoms with Crippen molar-refractivity contribution in [2.75, 3.05) is 6.54 Å². The van der Waals surface area contributed by atoms with Gasteiger partial charge in [-0.2, -0.15) is 9.40 Å². The molecule has 1 atom stereocenters. The molecule has 1 aliphatic heterocycles. The van der Waals surface area contributed by atoms with Crippen molar-refractivity contribution in [3.63, 3.8) is 0 Å². The lowest BCUT2D eigenvalue weighted by Gasteiger charge is -2.28. The normalized spacial score (nSPS) is 15.4. The average molecular weight is 426 g/mol. The highest BCUT2D eigenvalue weighted by atomic mass is 32.2. The van der Waals surface area contributed by atoms with E-state index in [0.29, 0.717) is 31.6 Å². The number of hydrogen-bond donors (Lipinski definition) is 1. The van der Waals surface area contributed by atoms with Crippen molar-refractivity contribution < 1.29 is 13.2 Å². The van der Waals surface area contributed by atoms with Crippen LogP contribution in [-0.4, -0.2) is 46.0 Å². The summed E-state index contributed by atoms with van der Waals surface area (Å²) in [6.07, 6.45) is 3.68. The van der Waals surface area contributed by atoms with Crippen molar-refractivity contribution in [1.82, 2.24) is 24.4 Å². The minimum absolute atomic E-state index is 0.124. The SMILES string of the molecule is CC(Cn1cncn1)NC(=O)c1cccc(S(=O)(=O)N2CCc3ccccc3C2)c1. The number of sulfonamides is 1. The molecule has 8 nitrogen and oxygen atoms in total. The molecule has 9 heteroatoms. The van der Waals surface area contributed by atoms with Gasteiger partial charge in [-0.1, -0.05) is 30.3 Å². The first-order valence-corrected chi connectivity index (χ1v) is 11.2. The third kappa shape index (κ3) is 4.27. The zero-order valence-electron chi connectivity index (χ0n) is 16.6. The molecular weight excluding hydrogens is 402 g/mol. The second kappa shape index (κ2) is 8.37. The number of carbonyl (C=O) groups is 1. The predicted molar refractivity (Wildman–Crippen MR) is 111 cm³/mol.